The third kappa shape index (κ3) is 1.97. The van der Waals surface area contributed by atoms with Crippen LogP contribution in [0.3, 0.4) is 0 Å². The maximum Gasteiger partial charge on any atom is 0.271 e. The van der Waals surface area contributed by atoms with Crippen molar-refractivity contribution in [2.24, 2.45) is 0 Å². The van der Waals surface area contributed by atoms with E-state index in [4.69, 9.17) is 0 Å². The highest BCUT2D eigenvalue weighted by Gasteiger charge is 2.26. The van der Waals surface area contributed by atoms with Crippen molar-refractivity contribution in [3.63, 3.8) is 0 Å². The fourth-order valence-electron chi connectivity index (χ4n) is 1.01. The largest absolute Gasteiger partial charge is 0.271 e. The van der Waals surface area contributed by atoms with Crippen LogP contribution >= 0.6 is 11.8 Å². The van der Waals surface area contributed by atoms with E-state index in [9.17, 15) is 8.78 Å². The SMILES string of the molecule is CSc1ccccc1C(C)(F)F. The number of halogens is 2. The van der Waals surface area contributed by atoms with Crippen LogP contribution in [0.1, 0.15) is 12.5 Å². The van der Waals surface area contributed by atoms with Crippen LogP contribution in [-0.2, 0) is 5.92 Å². The zero-order chi connectivity index (χ0) is 9.19. The molecule has 0 unspecified atom stereocenters. The van der Waals surface area contributed by atoms with Gasteiger partial charge in [0.15, 0.2) is 0 Å². The van der Waals surface area contributed by atoms with Crippen molar-refractivity contribution in [3.05, 3.63) is 29.8 Å². The standard InChI is InChI=1S/C9H10F2S/c1-9(10,11)7-5-3-4-6-8(7)12-2/h3-6H,1-2H3. The van der Waals surface area contributed by atoms with E-state index >= 15 is 0 Å². The Morgan fingerprint density at radius 2 is 1.83 bits per heavy atom. The summed E-state index contributed by atoms with van der Waals surface area (Å²) in [6, 6.07) is 6.57. The molecule has 0 bridgehead atoms. The highest BCUT2D eigenvalue weighted by molar-refractivity contribution is 7.98. The average molecular weight is 188 g/mol. The van der Waals surface area contributed by atoms with Gasteiger partial charge in [0.1, 0.15) is 0 Å². The van der Waals surface area contributed by atoms with Gasteiger partial charge in [0.05, 0.1) is 0 Å². The topological polar surface area (TPSA) is 0 Å². The Morgan fingerprint density at radius 1 is 1.25 bits per heavy atom. The van der Waals surface area contributed by atoms with Gasteiger partial charge in [-0.1, -0.05) is 18.2 Å². The fourth-order valence-corrected chi connectivity index (χ4v) is 1.69. The van der Waals surface area contributed by atoms with Crippen molar-refractivity contribution in [2.45, 2.75) is 17.7 Å². The van der Waals surface area contributed by atoms with Crippen molar-refractivity contribution >= 4 is 11.8 Å². The summed E-state index contributed by atoms with van der Waals surface area (Å²) in [7, 11) is 0. The molecule has 0 atom stereocenters. The predicted octanol–water partition coefficient (Wildman–Crippen LogP) is 3.52. The molecule has 0 aliphatic rings. The van der Waals surface area contributed by atoms with Gasteiger partial charge in [0.2, 0.25) is 0 Å². The lowest BCUT2D eigenvalue weighted by Gasteiger charge is -2.13. The van der Waals surface area contributed by atoms with E-state index in [-0.39, 0.29) is 5.56 Å². The summed E-state index contributed by atoms with van der Waals surface area (Å²) < 4.78 is 25.8. The van der Waals surface area contributed by atoms with Gasteiger partial charge in [-0.2, -0.15) is 0 Å². The number of hydrogen-bond donors (Lipinski definition) is 0. The van der Waals surface area contributed by atoms with E-state index < -0.39 is 5.92 Å². The molecule has 1 aromatic carbocycles. The van der Waals surface area contributed by atoms with Gasteiger partial charge in [0.25, 0.3) is 5.92 Å². The first-order valence-corrected chi connectivity index (χ1v) is 4.79. The molecule has 0 heterocycles. The minimum absolute atomic E-state index is 0.109. The lowest BCUT2D eigenvalue weighted by Crippen LogP contribution is -2.08. The molecule has 0 N–H and O–H groups in total. The van der Waals surface area contributed by atoms with E-state index in [1.54, 1.807) is 24.5 Å². The Balaban J connectivity index is 3.14. The van der Waals surface area contributed by atoms with E-state index in [1.807, 2.05) is 0 Å². The molecule has 0 saturated heterocycles. The molecule has 0 fully saturated rings. The molecule has 66 valence electrons. The summed E-state index contributed by atoms with van der Waals surface area (Å²) in [4.78, 5) is 0.644. The molecule has 3 heteroatoms. The van der Waals surface area contributed by atoms with Crippen LogP contribution in [0.2, 0.25) is 0 Å². The minimum atomic E-state index is -2.74. The quantitative estimate of drug-likeness (QED) is 0.640. The van der Waals surface area contributed by atoms with Gasteiger partial charge in [0, 0.05) is 17.4 Å². The molecule has 1 rings (SSSR count). The smallest absolute Gasteiger partial charge is 0.202 e. The Bertz CT molecular complexity index is 265. The highest BCUT2D eigenvalue weighted by atomic mass is 32.2. The summed E-state index contributed by atoms with van der Waals surface area (Å²) >= 11 is 1.34. The van der Waals surface area contributed by atoms with Crippen LogP contribution in [0, 0.1) is 0 Å². The van der Waals surface area contributed by atoms with E-state index in [2.05, 4.69) is 0 Å². The zero-order valence-corrected chi connectivity index (χ0v) is 7.79. The maximum atomic E-state index is 12.9. The van der Waals surface area contributed by atoms with E-state index in [0.29, 0.717) is 4.90 Å². The molecular formula is C9H10F2S. The summed E-state index contributed by atoms with van der Waals surface area (Å²) in [5.41, 5.74) is 0.109. The Kier molecular flexibility index (Phi) is 2.73. The summed E-state index contributed by atoms with van der Waals surface area (Å²) in [6.07, 6.45) is 1.80. The van der Waals surface area contributed by atoms with Crippen LogP contribution < -0.4 is 0 Å². The molecule has 0 amide bonds. The van der Waals surface area contributed by atoms with Crippen LogP contribution in [0.5, 0.6) is 0 Å². The Hall–Kier alpha value is -0.570. The monoisotopic (exact) mass is 188 g/mol. The fraction of sp³-hybridized carbons (Fsp3) is 0.333. The highest BCUT2D eigenvalue weighted by Crippen LogP contribution is 2.33. The molecule has 1 aromatic rings. The van der Waals surface area contributed by atoms with Crippen molar-refractivity contribution in [1.82, 2.24) is 0 Å². The van der Waals surface area contributed by atoms with Crippen molar-refractivity contribution in [3.8, 4) is 0 Å². The summed E-state index contributed by atoms with van der Waals surface area (Å²) in [6.45, 7) is 0.919. The van der Waals surface area contributed by atoms with Gasteiger partial charge < -0.3 is 0 Å². The van der Waals surface area contributed by atoms with Gasteiger partial charge >= 0.3 is 0 Å². The summed E-state index contributed by atoms with van der Waals surface area (Å²) in [5.74, 6) is -2.74. The molecule has 0 aliphatic heterocycles. The average Bonchev–Trinajstić information content (AvgIpc) is 2.03. The molecule has 0 aliphatic carbocycles. The minimum Gasteiger partial charge on any atom is -0.202 e. The predicted molar refractivity (Wildman–Crippen MR) is 47.8 cm³/mol. The van der Waals surface area contributed by atoms with Crippen molar-refractivity contribution < 1.29 is 8.78 Å². The number of hydrogen-bond acceptors (Lipinski definition) is 1. The second-order valence-corrected chi connectivity index (χ2v) is 3.44. The number of rotatable bonds is 2. The van der Waals surface area contributed by atoms with Crippen LogP contribution in [0.4, 0.5) is 8.78 Å². The third-order valence-corrected chi connectivity index (χ3v) is 2.38. The van der Waals surface area contributed by atoms with Gasteiger partial charge in [-0.15, -0.1) is 11.8 Å². The second-order valence-electron chi connectivity index (χ2n) is 2.59. The zero-order valence-electron chi connectivity index (χ0n) is 6.97. The van der Waals surface area contributed by atoms with Gasteiger partial charge in [-0.3, -0.25) is 0 Å². The molecule has 0 aromatic heterocycles. The van der Waals surface area contributed by atoms with E-state index in [0.717, 1.165) is 6.92 Å². The molecule has 0 saturated carbocycles. The normalized spacial score (nSPS) is 11.7. The van der Waals surface area contributed by atoms with Crippen molar-refractivity contribution in [2.75, 3.05) is 6.26 Å². The molecular weight excluding hydrogens is 178 g/mol. The Labute approximate surface area is 75.0 Å². The van der Waals surface area contributed by atoms with Crippen LogP contribution in [-0.4, -0.2) is 6.26 Å². The molecule has 0 nitrogen and oxygen atoms in total. The van der Waals surface area contributed by atoms with Gasteiger partial charge in [-0.25, -0.2) is 8.78 Å². The lowest BCUT2D eigenvalue weighted by atomic mass is 10.1. The van der Waals surface area contributed by atoms with E-state index in [1.165, 1.54) is 17.8 Å². The Morgan fingerprint density at radius 3 is 2.25 bits per heavy atom. The lowest BCUT2D eigenvalue weighted by molar-refractivity contribution is 0.0147. The second kappa shape index (κ2) is 3.44. The maximum absolute atomic E-state index is 12.9. The number of thioether (sulfide) groups is 1. The summed E-state index contributed by atoms with van der Waals surface area (Å²) in [5, 5.41) is 0. The molecule has 0 radical (unpaired) electrons. The van der Waals surface area contributed by atoms with Crippen molar-refractivity contribution in [1.29, 1.82) is 0 Å². The van der Waals surface area contributed by atoms with Crippen LogP contribution in [0.25, 0.3) is 0 Å². The van der Waals surface area contributed by atoms with Crippen LogP contribution in [0.15, 0.2) is 29.2 Å². The molecule has 12 heavy (non-hydrogen) atoms. The number of benzene rings is 1. The molecule has 0 spiro atoms. The first-order chi connectivity index (χ1) is 5.55. The number of alkyl halides is 2. The third-order valence-electron chi connectivity index (χ3n) is 1.58. The van der Waals surface area contributed by atoms with Gasteiger partial charge in [-0.05, 0) is 12.3 Å². The first-order valence-electron chi connectivity index (χ1n) is 3.57. The first kappa shape index (κ1) is 9.52.